The Bertz CT molecular complexity index is 1490. The van der Waals surface area contributed by atoms with Gasteiger partial charge in [-0.2, -0.15) is 0 Å². The highest BCUT2D eigenvalue weighted by Crippen LogP contribution is 2.74. The molecule has 2 saturated heterocycles. The minimum absolute atomic E-state index is 0.0323. The highest BCUT2D eigenvalue weighted by Gasteiger charge is 2.71. The van der Waals surface area contributed by atoms with E-state index >= 15 is 0 Å². The smallest absolute Gasteiger partial charge is 0.187 e. The second-order valence-electron chi connectivity index (χ2n) is 19.0. The minimum atomic E-state index is -1.67. The summed E-state index contributed by atoms with van der Waals surface area (Å²) in [6.07, 6.45) is -3.68. The van der Waals surface area contributed by atoms with Gasteiger partial charge in [0.2, 0.25) is 0 Å². The molecule has 54 heavy (non-hydrogen) atoms. The van der Waals surface area contributed by atoms with Gasteiger partial charge in [0.05, 0.1) is 24.4 Å². The van der Waals surface area contributed by atoms with Crippen molar-refractivity contribution < 1.29 is 59.5 Å². The molecule has 4 aliphatic carbocycles. The van der Waals surface area contributed by atoms with Crippen molar-refractivity contribution in [3.05, 3.63) is 36.0 Å². The molecule has 0 amide bonds. The van der Waals surface area contributed by atoms with Crippen LogP contribution in [0.25, 0.3) is 0 Å². The van der Waals surface area contributed by atoms with Crippen LogP contribution < -0.4 is 0 Å². The monoisotopic (exact) mass is 762 g/mol. The maximum Gasteiger partial charge on any atom is 0.187 e. The topological polar surface area (TPSA) is 196 Å². The molecule has 0 spiro atoms. The van der Waals surface area contributed by atoms with E-state index in [1.165, 1.54) is 6.92 Å². The first kappa shape index (κ1) is 42.1. The van der Waals surface area contributed by atoms with Crippen LogP contribution in [0.4, 0.5) is 0 Å². The summed E-state index contributed by atoms with van der Waals surface area (Å²) in [5, 5.41) is 75.2. The number of Topliss-reactive ketones (excluding diaryl/α,β-unsaturated/α-hetero) is 1. The first-order valence-electron chi connectivity index (χ1n) is 20.0. The lowest BCUT2D eigenvalue weighted by molar-refractivity contribution is -0.372. The molecular weight excluding hydrogens is 696 g/mol. The molecular formula is C42H66O12. The lowest BCUT2D eigenvalue weighted by Gasteiger charge is -2.65. The molecule has 7 N–H and O–H groups in total. The Hall–Kier alpha value is -1.55. The Balaban J connectivity index is 1.26. The second kappa shape index (κ2) is 14.7. The Kier molecular flexibility index (Phi) is 11.4. The van der Waals surface area contributed by atoms with E-state index in [1.807, 2.05) is 26.0 Å². The zero-order chi connectivity index (χ0) is 39.9. The predicted molar refractivity (Wildman–Crippen MR) is 198 cm³/mol. The van der Waals surface area contributed by atoms with E-state index in [0.717, 1.165) is 24.0 Å². The Morgan fingerprint density at radius 1 is 0.944 bits per heavy atom. The standard InChI is InChI=1S/C42H66O12/c1-21(2)11-10-17-41(8,50)26-16-18-39(6)27-14-12-23-24(42(27,9)28(44)19-40(26,39)7)13-15-29(38(23,4)5)53-37-35(33(48)31(46)25(20-43)52-37)54-36-34(49)32(47)30(45)22(3)51-36/h10-12,22,24-27,29-37,43,45-50H,1,13-20H2,2-9H3/b11-10+/t22-,24?,25+,26?,27?,29?,30-,31+,32+,33-,34+,35+,36-,37-,39?,40?,41?,42?/m0/s1. The molecule has 5 fully saturated rings. The average molecular weight is 763 g/mol. The third kappa shape index (κ3) is 6.53. The van der Waals surface area contributed by atoms with Gasteiger partial charge in [0, 0.05) is 17.3 Å². The van der Waals surface area contributed by atoms with Crippen LogP contribution in [-0.2, 0) is 23.7 Å². The molecule has 0 aromatic heterocycles. The summed E-state index contributed by atoms with van der Waals surface area (Å²) in [5.41, 5.74) is -0.676. The van der Waals surface area contributed by atoms with E-state index in [4.69, 9.17) is 18.9 Å². The zero-order valence-corrected chi connectivity index (χ0v) is 33.4. The zero-order valence-electron chi connectivity index (χ0n) is 33.4. The van der Waals surface area contributed by atoms with Crippen molar-refractivity contribution in [3.8, 4) is 0 Å². The highest BCUT2D eigenvalue weighted by atomic mass is 16.8. The van der Waals surface area contributed by atoms with Gasteiger partial charge >= 0.3 is 0 Å². The number of allylic oxidation sites excluding steroid dienone is 3. The first-order chi connectivity index (χ1) is 25.1. The number of hydrogen-bond acceptors (Lipinski definition) is 12. The van der Waals surface area contributed by atoms with E-state index in [9.17, 15) is 40.5 Å². The molecule has 0 bridgehead atoms. The molecule has 306 valence electrons. The molecule has 2 aliphatic heterocycles. The summed E-state index contributed by atoms with van der Waals surface area (Å²) in [6, 6.07) is 0. The molecule has 12 heteroatoms. The molecule has 0 radical (unpaired) electrons. The van der Waals surface area contributed by atoms with Gasteiger partial charge in [-0.15, -0.1) is 0 Å². The second-order valence-corrected chi connectivity index (χ2v) is 19.0. The summed E-state index contributed by atoms with van der Waals surface area (Å²) in [7, 11) is 0. The summed E-state index contributed by atoms with van der Waals surface area (Å²) >= 11 is 0. The predicted octanol–water partition coefficient (Wildman–Crippen LogP) is 3.08. The van der Waals surface area contributed by atoms with Crippen molar-refractivity contribution >= 4 is 5.78 Å². The molecule has 6 rings (SSSR count). The summed E-state index contributed by atoms with van der Waals surface area (Å²) in [4.78, 5) is 14.8. The number of fused-ring (bicyclic) bond motifs is 5. The van der Waals surface area contributed by atoms with Crippen molar-refractivity contribution in [1.82, 2.24) is 0 Å². The summed E-state index contributed by atoms with van der Waals surface area (Å²) < 4.78 is 24.3. The minimum Gasteiger partial charge on any atom is -0.394 e. The van der Waals surface area contributed by atoms with Crippen LogP contribution in [0.3, 0.4) is 0 Å². The van der Waals surface area contributed by atoms with Crippen LogP contribution in [-0.4, -0.2) is 121 Å². The SMILES string of the molecule is C=C(C)/C=C/CC(C)(O)C1CCC2(C)C3CC=C4C(CCC(O[C@@H]5O[C@H](CO)[C@@H](O)[C@H](O)[C@H]5O[C@@H]5O[C@@H](C)[C@H](O)[C@@H](O)[C@H]5O)C4(C)C)C3(C)C(=O)CC12C. The van der Waals surface area contributed by atoms with E-state index < -0.39 is 90.6 Å². The number of aliphatic hydroxyl groups excluding tert-OH is 6. The van der Waals surface area contributed by atoms with Gasteiger partial charge in [0.15, 0.2) is 12.6 Å². The van der Waals surface area contributed by atoms with E-state index in [1.54, 1.807) is 0 Å². The van der Waals surface area contributed by atoms with Crippen molar-refractivity contribution in [1.29, 1.82) is 0 Å². The molecule has 0 aromatic rings. The van der Waals surface area contributed by atoms with Crippen LogP contribution in [0.15, 0.2) is 36.0 Å². The quantitative estimate of drug-likeness (QED) is 0.134. The van der Waals surface area contributed by atoms with Crippen LogP contribution in [0.5, 0.6) is 0 Å². The fourth-order valence-electron chi connectivity index (χ4n) is 12.0. The van der Waals surface area contributed by atoms with Gasteiger partial charge in [-0.05, 0) is 87.9 Å². The normalized spacial score (nSPS) is 50.1. The number of ether oxygens (including phenoxy) is 4. The lowest BCUT2D eigenvalue weighted by atomic mass is 9.38. The van der Waals surface area contributed by atoms with E-state index in [-0.39, 0.29) is 34.4 Å². The molecule has 0 aromatic carbocycles. The van der Waals surface area contributed by atoms with Gasteiger partial charge < -0.3 is 54.7 Å². The van der Waals surface area contributed by atoms with Crippen LogP contribution in [0.2, 0.25) is 0 Å². The lowest BCUT2D eigenvalue weighted by Crippen LogP contribution is -2.65. The van der Waals surface area contributed by atoms with Gasteiger partial charge in [-0.25, -0.2) is 0 Å². The van der Waals surface area contributed by atoms with Crippen molar-refractivity contribution in [3.63, 3.8) is 0 Å². The molecule has 6 aliphatic rings. The number of carbonyl (C=O) groups excluding carboxylic acids is 1. The Morgan fingerprint density at radius 3 is 2.28 bits per heavy atom. The van der Waals surface area contributed by atoms with Gasteiger partial charge in [0.25, 0.3) is 0 Å². The van der Waals surface area contributed by atoms with Gasteiger partial charge in [0.1, 0.15) is 48.5 Å². The third-order valence-corrected chi connectivity index (χ3v) is 15.5. The number of carbonyl (C=O) groups is 1. The highest BCUT2D eigenvalue weighted by molar-refractivity contribution is 5.88. The first-order valence-corrected chi connectivity index (χ1v) is 20.0. The molecule has 2 heterocycles. The fraction of sp³-hybridized carbons (Fsp3) is 0.833. The Labute approximate surface area is 320 Å². The molecule has 12 nitrogen and oxygen atoms in total. The fourth-order valence-corrected chi connectivity index (χ4v) is 12.0. The van der Waals surface area contributed by atoms with E-state index in [0.29, 0.717) is 32.1 Å². The van der Waals surface area contributed by atoms with Crippen LogP contribution >= 0.6 is 0 Å². The van der Waals surface area contributed by atoms with Gasteiger partial charge in [-0.1, -0.05) is 70.6 Å². The number of ketones is 1. The largest absolute Gasteiger partial charge is 0.394 e. The maximum absolute atomic E-state index is 14.8. The molecule has 18 atom stereocenters. The van der Waals surface area contributed by atoms with Gasteiger partial charge in [-0.3, -0.25) is 4.79 Å². The van der Waals surface area contributed by atoms with Crippen LogP contribution in [0, 0.1) is 39.4 Å². The summed E-state index contributed by atoms with van der Waals surface area (Å²) in [5.74, 6) is 0.265. The maximum atomic E-state index is 14.8. The van der Waals surface area contributed by atoms with Crippen molar-refractivity contribution in [2.24, 2.45) is 39.4 Å². The van der Waals surface area contributed by atoms with E-state index in [2.05, 4.69) is 47.3 Å². The third-order valence-electron chi connectivity index (χ3n) is 15.5. The Morgan fingerprint density at radius 2 is 1.63 bits per heavy atom. The van der Waals surface area contributed by atoms with Crippen LogP contribution in [0.1, 0.15) is 100 Å². The average Bonchev–Trinajstić information content (AvgIpc) is 3.37. The summed E-state index contributed by atoms with van der Waals surface area (Å²) in [6.45, 7) is 19.6. The van der Waals surface area contributed by atoms with Crippen molar-refractivity contribution in [2.45, 2.75) is 173 Å². The number of aliphatic hydroxyl groups is 7. The molecule has 8 unspecified atom stereocenters. The molecule has 3 saturated carbocycles. The van der Waals surface area contributed by atoms with Crippen molar-refractivity contribution in [2.75, 3.05) is 6.61 Å². The number of hydrogen-bond donors (Lipinski definition) is 7. The number of rotatable bonds is 9.